The number of nitrogens with one attached hydrogen (secondary N) is 1. The van der Waals surface area contributed by atoms with Crippen LogP contribution in [-0.2, 0) is 14.3 Å². The maximum absolute atomic E-state index is 11.7. The molecule has 0 aliphatic rings. The number of hydrogen-bond donors (Lipinski definition) is 1. The molecular formula is C18H19NO5. The number of rotatable bonds is 7. The predicted molar refractivity (Wildman–Crippen MR) is 89.3 cm³/mol. The smallest absolute Gasteiger partial charge is 0.344 e. The summed E-state index contributed by atoms with van der Waals surface area (Å²) < 4.78 is 15.3. The van der Waals surface area contributed by atoms with Gasteiger partial charge in [0.1, 0.15) is 0 Å². The molecule has 0 spiro atoms. The fraction of sp³-hybridized carbons (Fsp3) is 0.222. The average molecular weight is 329 g/mol. The fourth-order valence-corrected chi connectivity index (χ4v) is 1.90. The van der Waals surface area contributed by atoms with Crippen LogP contribution in [0.4, 0.5) is 5.69 Å². The number of carbonyl (C=O) groups excluding carboxylic acids is 2. The number of para-hydroxylation sites is 2. The lowest BCUT2D eigenvalue weighted by Crippen LogP contribution is -2.23. The Labute approximate surface area is 140 Å². The second kappa shape index (κ2) is 8.57. The van der Waals surface area contributed by atoms with E-state index in [2.05, 4.69) is 5.32 Å². The molecule has 1 amide bonds. The van der Waals surface area contributed by atoms with E-state index in [0.717, 1.165) is 5.56 Å². The highest BCUT2D eigenvalue weighted by Gasteiger charge is 2.10. The topological polar surface area (TPSA) is 73.9 Å². The molecule has 0 aromatic heterocycles. The van der Waals surface area contributed by atoms with Gasteiger partial charge in [-0.3, -0.25) is 4.79 Å². The SMILES string of the molecule is COc1ccccc1OCC(=O)OCC(=O)Nc1ccc(C)cc1. The van der Waals surface area contributed by atoms with Crippen molar-refractivity contribution in [2.75, 3.05) is 25.6 Å². The van der Waals surface area contributed by atoms with Crippen LogP contribution in [0.3, 0.4) is 0 Å². The van der Waals surface area contributed by atoms with Gasteiger partial charge in [-0.1, -0.05) is 29.8 Å². The Morgan fingerprint density at radius 3 is 2.29 bits per heavy atom. The van der Waals surface area contributed by atoms with Crippen molar-refractivity contribution in [2.24, 2.45) is 0 Å². The molecule has 2 aromatic carbocycles. The Morgan fingerprint density at radius 2 is 1.62 bits per heavy atom. The Bertz CT molecular complexity index is 697. The molecule has 2 rings (SSSR count). The molecule has 24 heavy (non-hydrogen) atoms. The first-order valence-electron chi connectivity index (χ1n) is 7.36. The van der Waals surface area contributed by atoms with E-state index in [0.29, 0.717) is 17.2 Å². The maximum Gasteiger partial charge on any atom is 0.344 e. The molecule has 0 fully saturated rings. The van der Waals surface area contributed by atoms with Crippen LogP contribution in [0.5, 0.6) is 11.5 Å². The number of ether oxygens (including phenoxy) is 3. The van der Waals surface area contributed by atoms with Gasteiger partial charge in [0.2, 0.25) is 0 Å². The van der Waals surface area contributed by atoms with Crippen LogP contribution >= 0.6 is 0 Å². The molecule has 126 valence electrons. The number of amides is 1. The monoisotopic (exact) mass is 329 g/mol. The standard InChI is InChI=1S/C18H19NO5/c1-13-7-9-14(10-8-13)19-17(20)11-24-18(21)12-23-16-6-4-3-5-15(16)22-2/h3-10H,11-12H2,1-2H3,(H,19,20). The minimum absolute atomic E-state index is 0.307. The van der Waals surface area contributed by atoms with Gasteiger partial charge in [-0.05, 0) is 31.2 Å². The number of methoxy groups -OCH3 is 1. The lowest BCUT2D eigenvalue weighted by Gasteiger charge is -2.10. The molecule has 6 heteroatoms. The molecule has 0 radical (unpaired) electrons. The van der Waals surface area contributed by atoms with Crippen molar-refractivity contribution < 1.29 is 23.8 Å². The van der Waals surface area contributed by atoms with Gasteiger partial charge in [0, 0.05) is 5.69 Å². The lowest BCUT2D eigenvalue weighted by atomic mass is 10.2. The van der Waals surface area contributed by atoms with Gasteiger partial charge in [0.25, 0.3) is 5.91 Å². The van der Waals surface area contributed by atoms with Gasteiger partial charge >= 0.3 is 5.97 Å². The predicted octanol–water partition coefficient (Wildman–Crippen LogP) is 2.56. The normalized spacial score (nSPS) is 9.92. The molecule has 0 aliphatic heterocycles. The Kier molecular flexibility index (Phi) is 6.19. The fourth-order valence-electron chi connectivity index (χ4n) is 1.90. The van der Waals surface area contributed by atoms with E-state index in [1.54, 1.807) is 36.4 Å². The van der Waals surface area contributed by atoms with Gasteiger partial charge < -0.3 is 19.5 Å². The minimum Gasteiger partial charge on any atom is -0.493 e. The molecule has 0 saturated heterocycles. The summed E-state index contributed by atoms with van der Waals surface area (Å²) in [6.07, 6.45) is 0. The molecule has 2 aromatic rings. The van der Waals surface area contributed by atoms with Gasteiger partial charge in [-0.2, -0.15) is 0 Å². The van der Waals surface area contributed by atoms with Crippen LogP contribution in [0.2, 0.25) is 0 Å². The van der Waals surface area contributed by atoms with E-state index < -0.39 is 11.9 Å². The quantitative estimate of drug-likeness (QED) is 0.790. The maximum atomic E-state index is 11.7. The largest absolute Gasteiger partial charge is 0.493 e. The zero-order chi connectivity index (χ0) is 17.4. The van der Waals surface area contributed by atoms with Gasteiger partial charge in [0.15, 0.2) is 24.7 Å². The summed E-state index contributed by atoms with van der Waals surface area (Å²) in [4.78, 5) is 23.4. The average Bonchev–Trinajstić information content (AvgIpc) is 2.60. The van der Waals surface area contributed by atoms with Crippen LogP contribution in [0.1, 0.15) is 5.56 Å². The molecule has 0 unspecified atom stereocenters. The van der Waals surface area contributed by atoms with E-state index in [1.165, 1.54) is 7.11 Å². The number of hydrogen-bond acceptors (Lipinski definition) is 5. The Morgan fingerprint density at radius 1 is 0.958 bits per heavy atom. The van der Waals surface area contributed by atoms with Gasteiger partial charge in [-0.25, -0.2) is 4.79 Å². The van der Waals surface area contributed by atoms with E-state index in [9.17, 15) is 9.59 Å². The molecule has 0 heterocycles. The van der Waals surface area contributed by atoms with Crippen LogP contribution in [-0.4, -0.2) is 32.2 Å². The summed E-state index contributed by atoms with van der Waals surface area (Å²) in [6, 6.07) is 14.3. The lowest BCUT2D eigenvalue weighted by molar-refractivity contribution is -0.149. The van der Waals surface area contributed by atoms with E-state index >= 15 is 0 Å². The second-order valence-corrected chi connectivity index (χ2v) is 5.01. The summed E-state index contributed by atoms with van der Waals surface area (Å²) in [5.74, 6) is -0.104. The molecule has 0 aliphatic carbocycles. The highest BCUT2D eigenvalue weighted by Crippen LogP contribution is 2.25. The summed E-state index contributed by atoms with van der Waals surface area (Å²) >= 11 is 0. The highest BCUT2D eigenvalue weighted by molar-refractivity contribution is 5.92. The summed E-state index contributed by atoms with van der Waals surface area (Å²) in [6.45, 7) is 1.27. The third-order valence-corrected chi connectivity index (χ3v) is 3.11. The van der Waals surface area contributed by atoms with E-state index in [4.69, 9.17) is 14.2 Å². The second-order valence-electron chi connectivity index (χ2n) is 5.01. The van der Waals surface area contributed by atoms with Crippen molar-refractivity contribution in [3.05, 3.63) is 54.1 Å². The zero-order valence-corrected chi connectivity index (χ0v) is 13.6. The molecule has 0 saturated carbocycles. The van der Waals surface area contributed by atoms with Crippen molar-refractivity contribution in [1.29, 1.82) is 0 Å². The summed E-state index contributed by atoms with van der Waals surface area (Å²) in [5, 5.41) is 2.64. The van der Waals surface area contributed by atoms with Crippen molar-refractivity contribution in [1.82, 2.24) is 0 Å². The van der Waals surface area contributed by atoms with Crippen molar-refractivity contribution in [2.45, 2.75) is 6.92 Å². The molecule has 1 N–H and O–H groups in total. The van der Waals surface area contributed by atoms with Crippen LogP contribution in [0.25, 0.3) is 0 Å². The van der Waals surface area contributed by atoms with E-state index in [-0.39, 0.29) is 13.2 Å². The van der Waals surface area contributed by atoms with Crippen LogP contribution < -0.4 is 14.8 Å². The number of carbonyl (C=O) groups is 2. The van der Waals surface area contributed by atoms with E-state index in [1.807, 2.05) is 19.1 Å². The van der Waals surface area contributed by atoms with Crippen molar-refractivity contribution in [3.8, 4) is 11.5 Å². The first-order chi connectivity index (χ1) is 11.6. The summed E-state index contributed by atoms with van der Waals surface area (Å²) in [7, 11) is 1.51. The zero-order valence-electron chi connectivity index (χ0n) is 13.6. The molecule has 0 atom stereocenters. The summed E-state index contributed by atoms with van der Waals surface area (Å²) in [5.41, 5.74) is 1.74. The molecular weight excluding hydrogens is 310 g/mol. The first kappa shape index (κ1) is 17.3. The van der Waals surface area contributed by atoms with Gasteiger partial charge in [0.05, 0.1) is 7.11 Å². The minimum atomic E-state index is -0.639. The highest BCUT2D eigenvalue weighted by atomic mass is 16.6. The number of anilines is 1. The molecule has 6 nitrogen and oxygen atoms in total. The van der Waals surface area contributed by atoms with Crippen molar-refractivity contribution in [3.63, 3.8) is 0 Å². The third kappa shape index (κ3) is 5.31. The van der Waals surface area contributed by atoms with Crippen LogP contribution in [0.15, 0.2) is 48.5 Å². The van der Waals surface area contributed by atoms with Gasteiger partial charge in [-0.15, -0.1) is 0 Å². The van der Waals surface area contributed by atoms with Crippen LogP contribution in [0, 0.1) is 6.92 Å². The van der Waals surface area contributed by atoms with Crippen molar-refractivity contribution >= 4 is 17.6 Å². The third-order valence-electron chi connectivity index (χ3n) is 3.11. The number of esters is 1. The Hall–Kier alpha value is -3.02. The first-order valence-corrected chi connectivity index (χ1v) is 7.36. The Balaban J connectivity index is 1.74. The molecule has 0 bridgehead atoms. The number of benzene rings is 2. The number of aryl methyl sites for hydroxylation is 1.